The molecule has 0 N–H and O–H groups in total. The molecule has 0 radical (unpaired) electrons. The summed E-state index contributed by atoms with van der Waals surface area (Å²) < 4.78 is 0. The van der Waals surface area contributed by atoms with E-state index in [2.05, 4.69) is 17.1 Å². The van der Waals surface area contributed by atoms with Gasteiger partial charge in [-0.15, -0.1) is 4.91 Å². The third-order valence-electron chi connectivity index (χ3n) is 2.40. The molecule has 1 saturated heterocycles. The molecule has 0 atom stereocenters. The zero-order valence-corrected chi connectivity index (χ0v) is 7.32. The van der Waals surface area contributed by atoms with Crippen LogP contribution in [-0.4, -0.2) is 30.9 Å². The Hall–Kier alpha value is -0.770. The fraction of sp³-hybridized carbons (Fsp3) is 0.875. The maximum Gasteiger partial charge on any atom is 0.286 e. The van der Waals surface area contributed by atoms with Crippen LogP contribution in [0.15, 0.2) is 5.18 Å². The minimum absolute atomic E-state index is 0.345. The first-order valence-electron chi connectivity index (χ1n) is 4.27. The molecule has 12 heavy (non-hydrogen) atoms. The van der Waals surface area contributed by atoms with Crippen LogP contribution in [0.5, 0.6) is 0 Å². The van der Waals surface area contributed by atoms with E-state index in [9.17, 15) is 9.70 Å². The molecule has 1 rings (SSSR count). The Morgan fingerprint density at radius 2 is 2.08 bits per heavy atom. The number of carbonyl (C=O) groups is 1. The van der Waals surface area contributed by atoms with Crippen LogP contribution < -0.4 is 0 Å². The Morgan fingerprint density at radius 1 is 1.50 bits per heavy atom. The summed E-state index contributed by atoms with van der Waals surface area (Å²) in [6, 6.07) is 0. The average Bonchev–Trinajstić information content (AvgIpc) is 2.09. The van der Waals surface area contributed by atoms with Gasteiger partial charge in [-0.1, -0.05) is 0 Å². The van der Waals surface area contributed by atoms with E-state index >= 15 is 0 Å². The van der Waals surface area contributed by atoms with Crippen LogP contribution in [0.4, 0.5) is 0 Å². The lowest BCUT2D eigenvalue weighted by atomic mass is 9.94. The smallest absolute Gasteiger partial charge is 0.286 e. The van der Waals surface area contributed by atoms with Gasteiger partial charge in [-0.3, -0.25) is 4.79 Å². The van der Waals surface area contributed by atoms with E-state index < -0.39 is 5.91 Å². The van der Waals surface area contributed by atoms with Crippen LogP contribution in [0.1, 0.15) is 19.3 Å². The van der Waals surface area contributed by atoms with Gasteiger partial charge in [0.2, 0.25) is 0 Å². The van der Waals surface area contributed by atoms with E-state index in [-0.39, 0.29) is 0 Å². The highest BCUT2D eigenvalue weighted by atomic mass is 16.3. The van der Waals surface area contributed by atoms with Crippen LogP contribution in [0.2, 0.25) is 0 Å². The summed E-state index contributed by atoms with van der Waals surface area (Å²) in [6.45, 7) is 2.05. The zero-order valence-electron chi connectivity index (χ0n) is 7.32. The van der Waals surface area contributed by atoms with Crippen molar-refractivity contribution in [3.05, 3.63) is 4.91 Å². The molecular formula is C8H14N2O2. The molecule has 0 aromatic rings. The number of nitroso groups, excluding NO2 is 1. The normalized spacial score (nSPS) is 20.8. The van der Waals surface area contributed by atoms with E-state index in [1.54, 1.807) is 0 Å². The Morgan fingerprint density at radius 3 is 2.58 bits per heavy atom. The monoisotopic (exact) mass is 170 g/mol. The Balaban J connectivity index is 2.26. The molecular weight excluding hydrogens is 156 g/mol. The van der Waals surface area contributed by atoms with Gasteiger partial charge in [-0.25, -0.2) is 0 Å². The van der Waals surface area contributed by atoms with Crippen molar-refractivity contribution in [1.29, 1.82) is 0 Å². The molecule has 1 fully saturated rings. The van der Waals surface area contributed by atoms with E-state index in [0.29, 0.717) is 12.3 Å². The summed E-state index contributed by atoms with van der Waals surface area (Å²) in [7, 11) is 2.07. The van der Waals surface area contributed by atoms with Gasteiger partial charge in [0.15, 0.2) is 0 Å². The molecule has 4 heteroatoms. The number of hydrogen-bond donors (Lipinski definition) is 0. The lowest BCUT2D eigenvalue weighted by Crippen LogP contribution is -2.30. The molecule has 1 aliphatic heterocycles. The molecule has 4 nitrogen and oxygen atoms in total. The summed E-state index contributed by atoms with van der Waals surface area (Å²) in [5, 5.41) is 2.40. The topological polar surface area (TPSA) is 49.7 Å². The minimum Gasteiger partial charge on any atom is -0.306 e. The molecule has 0 aromatic heterocycles. The second-order valence-corrected chi connectivity index (χ2v) is 3.44. The SMILES string of the molecule is CN1CCC(CC(=O)N=O)CC1. The third kappa shape index (κ3) is 2.70. The second kappa shape index (κ2) is 4.30. The van der Waals surface area contributed by atoms with Gasteiger partial charge < -0.3 is 4.90 Å². The predicted octanol–water partition coefficient (Wildman–Crippen LogP) is 1.01. The highest BCUT2D eigenvalue weighted by molar-refractivity contribution is 5.76. The van der Waals surface area contributed by atoms with Crippen molar-refractivity contribution >= 4 is 5.91 Å². The fourth-order valence-corrected chi connectivity index (χ4v) is 1.55. The molecule has 0 saturated carbocycles. The number of rotatable bonds is 2. The van der Waals surface area contributed by atoms with E-state index in [1.807, 2.05) is 0 Å². The molecule has 1 heterocycles. The Labute approximate surface area is 71.9 Å². The molecule has 0 spiro atoms. The van der Waals surface area contributed by atoms with Crippen molar-refractivity contribution in [3.8, 4) is 0 Å². The van der Waals surface area contributed by atoms with Gasteiger partial charge in [-0.05, 0) is 38.9 Å². The van der Waals surface area contributed by atoms with Crippen molar-refractivity contribution in [2.45, 2.75) is 19.3 Å². The lowest BCUT2D eigenvalue weighted by molar-refractivity contribution is -0.119. The largest absolute Gasteiger partial charge is 0.306 e. The molecule has 1 amide bonds. The van der Waals surface area contributed by atoms with Crippen LogP contribution in [0, 0.1) is 10.8 Å². The maximum absolute atomic E-state index is 10.7. The quantitative estimate of drug-likeness (QED) is 0.581. The second-order valence-electron chi connectivity index (χ2n) is 3.44. The lowest BCUT2D eigenvalue weighted by Gasteiger charge is -2.27. The average molecular weight is 170 g/mol. The number of nitrogens with zero attached hydrogens (tertiary/aromatic N) is 2. The van der Waals surface area contributed by atoms with E-state index in [4.69, 9.17) is 0 Å². The summed E-state index contributed by atoms with van der Waals surface area (Å²) in [6.07, 6.45) is 2.37. The molecule has 0 aliphatic carbocycles. The van der Waals surface area contributed by atoms with Gasteiger partial charge in [-0.2, -0.15) is 0 Å². The number of hydrogen-bond acceptors (Lipinski definition) is 3. The Bertz CT molecular complexity index is 174. The number of piperidine rings is 1. The van der Waals surface area contributed by atoms with Gasteiger partial charge in [0.1, 0.15) is 0 Å². The third-order valence-corrected chi connectivity index (χ3v) is 2.40. The first-order valence-corrected chi connectivity index (χ1v) is 4.27. The van der Waals surface area contributed by atoms with Gasteiger partial charge in [0.05, 0.1) is 0 Å². The van der Waals surface area contributed by atoms with Crippen molar-refractivity contribution in [2.24, 2.45) is 11.1 Å². The van der Waals surface area contributed by atoms with Crippen LogP contribution in [0.3, 0.4) is 0 Å². The highest BCUT2D eigenvalue weighted by Gasteiger charge is 2.19. The molecule has 1 aliphatic rings. The number of carbonyl (C=O) groups excluding carboxylic acids is 1. The fourth-order valence-electron chi connectivity index (χ4n) is 1.55. The van der Waals surface area contributed by atoms with Crippen LogP contribution >= 0.6 is 0 Å². The van der Waals surface area contributed by atoms with E-state index in [0.717, 1.165) is 25.9 Å². The van der Waals surface area contributed by atoms with Gasteiger partial charge >= 0.3 is 0 Å². The molecule has 0 bridgehead atoms. The first kappa shape index (κ1) is 9.32. The van der Waals surface area contributed by atoms with Crippen molar-refractivity contribution < 1.29 is 4.79 Å². The minimum atomic E-state index is -0.496. The number of amides is 1. The van der Waals surface area contributed by atoms with Gasteiger partial charge in [0.25, 0.3) is 5.91 Å². The van der Waals surface area contributed by atoms with Crippen molar-refractivity contribution in [2.75, 3.05) is 20.1 Å². The maximum atomic E-state index is 10.7. The summed E-state index contributed by atoms with van der Waals surface area (Å²) >= 11 is 0. The highest BCUT2D eigenvalue weighted by Crippen LogP contribution is 2.19. The first-order chi connectivity index (χ1) is 5.72. The van der Waals surface area contributed by atoms with Crippen LogP contribution in [0.25, 0.3) is 0 Å². The Kier molecular flexibility index (Phi) is 3.34. The van der Waals surface area contributed by atoms with Crippen molar-refractivity contribution in [3.63, 3.8) is 0 Å². The number of likely N-dealkylation sites (tertiary alicyclic amines) is 1. The zero-order chi connectivity index (χ0) is 8.97. The predicted molar refractivity (Wildman–Crippen MR) is 45.6 cm³/mol. The van der Waals surface area contributed by atoms with Crippen molar-refractivity contribution in [1.82, 2.24) is 4.90 Å². The molecule has 0 aromatic carbocycles. The standard InChI is InChI=1S/C8H14N2O2/c1-10-4-2-7(3-5-10)6-8(11)9-12/h7H,2-6H2,1H3. The summed E-state index contributed by atoms with van der Waals surface area (Å²) in [4.78, 5) is 22.7. The van der Waals surface area contributed by atoms with Gasteiger partial charge in [0, 0.05) is 11.6 Å². The molecule has 68 valence electrons. The summed E-state index contributed by atoms with van der Waals surface area (Å²) in [5.74, 6) is -0.115. The van der Waals surface area contributed by atoms with Crippen LogP contribution in [-0.2, 0) is 4.79 Å². The van der Waals surface area contributed by atoms with E-state index in [1.165, 1.54) is 0 Å². The summed E-state index contributed by atoms with van der Waals surface area (Å²) in [5.41, 5.74) is 0. The molecule has 0 unspecified atom stereocenters.